The molecule has 1 rings (SSSR count). The van der Waals surface area contributed by atoms with Crippen molar-refractivity contribution in [2.45, 2.75) is 6.43 Å². The van der Waals surface area contributed by atoms with E-state index >= 15 is 0 Å². The van der Waals surface area contributed by atoms with E-state index in [9.17, 15) is 8.78 Å². The number of nitrogens with two attached hydrogens (primary N) is 1. The van der Waals surface area contributed by atoms with Gasteiger partial charge in [-0.05, 0) is 18.2 Å². The lowest BCUT2D eigenvalue weighted by molar-refractivity contribution is 0.156. The number of rotatable bonds is 4. The minimum absolute atomic E-state index is 0.177. The molecule has 0 bridgehead atoms. The van der Waals surface area contributed by atoms with Crippen LogP contribution in [0.4, 0.5) is 14.5 Å². The lowest BCUT2D eigenvalue weighted by atomic mass is 10.1. The summed E-state index contributed by atoms with van der Waals surface area (Å²) in [6, 6.07) is 4.54. The van der Waals surface area contributed by atoms with Crippen LogP contribution in [0.1, 0.15) is 5.56 Å². The highest BCUT2D eigenvalue weighted by molar-refractivity contribution is 6.31. The Morgan fingerprint density at radius 2 is 2.24 bits per heavy atom. The molecular weight excluding hydrogens is 252 g/mol. The molecule has 7 heteroatoms. The summed E-state index contributed by atoms with van der Waals surface area (Å²) in [5.41, 5.74) is 6.19. The standard InChI is InChI=1S/C10H12ClF2N3O/c1-16(5-9(12)13)8-3-2-6(11)4-7(8)10(14)15-17/h2-4,9,17H,5H2,1H3,(H2,14,15). The fourth-order valence-corrected chi connectivity index (χ4v) is 1.58. The Labute approximate surface area is 102 Å². The summed E-state index contributed by atoms with van der Waals surface area (Å²) in [4.78, 5) is 1.31. The molecule has 17 heavy (non-hydrogen) atoms. The zero-order chi connectivity index (χ0) is 13.0. The summed E-state index contributed by atoms with van der Waals surface area (Å²) >= 11 is 5.77. The highest BCUT2D eigenvalue weighted by atomic mass is 35.5. The van der Waals surface area contributed by atoms with Gasteiger partial charge in [0.05, 0.1) is 6.54 Å². The van der Waals surface area contributed by atoms with E-state index in [2.05, 4.69) is 5.16 Å². The number of anilines is 1. The first-order valence-corrected chi connectivity index (χ1v) is 5.10. The molecule has 0 spiro atoms. The Morgan fingerprint density at radius 3 is 2.76 bits per heavy atom. The van der Waals surface area contributed by atoms with Crippen molar-refractivity contribution in [2.75, 3.05) is 18.5 Å². The van der Waals surface area contributed by atoms with E-state index in [1.807, 2.05) is 0 Å². The van der Waals surface area contributed by atoms with Crippen molar-refractivity contribution >= 4 is 23.1 Å². The van der Waals surface area contributed by atoms with Gasteiger partial charge in [-0.2, -0.15) is 0 Å². The van der Waals surface area contributed by atoms with Crippen LogP contribution < -0.4 is 10.6 Å². The van der Waals surface area contributed by atoms with E-state index in [1.54, 1.807) is 6.07 Å². The molecule has 0 saturated heterocycles. The summed E-state index contributed by atoms with van der Waals surface area (Å²) in [6.45, 7) is -0.451. The molecule has 4 nitrogen and oxygen atoms in total. The molecule has 0 fully saturated rings. The molecule has 0 unspecified atom stereocenters. The number of nitrogens with zero attached hydrogens (tertiary/aromatic N) is 2. The van der Waals surface area contributed by atoms with Gasteiger partial charge >= 0.3 is 0 Å². The smallest absolute Gasteiger partial charge is 0.255 e. The van der Waals surface area contributed by atoms with E-state index < -0.39 is 13.0 Å². The Hall–Kier alpha value is -1.56. The first-order chi connectivity index (χ1) is 7.95. The monoisotopic (exact) mass is 263 g/mol. The minimum atomic E-state index is -2.48. The lowest BCUT2D eigenvalue weighted by Crippen LogP contribution is -2.27. The van der Waals surface area contributed by atoms with Crippen LogP contribution in [0, 0.1) is 0 Å². The van der Waals surface area contributed by atoms with E-state index in [-0.39, 0.29) is 5.84 Å². The second-order valence-electron chi connectivity index (χ2n) is 3.42. The van der Waals surface area contributed by atoms with Crippen LogP contribution in [0.2, 0.25) is 5.02 Å². The number of oxime groups is 1. The van der Waals surface area contributed by atoms with Crippen LogP contribution in [-0.4, -0.2) is 31.1 Å². The molecule has 0 amide bonds. The quantitative estimate of drug-likeness (QED) is 0.379. The largest absolute Gasteiger partial charge is 0.409 e. The zero-order valence-electron chi connectivity index (χ0n) is 9.07. The topological polar surface area (TPSA) is 61.8 Å². The van der Waals surface area contributed by atoms with E-state index in [1.165, 1.54) is 24.1 Å². The third-order valence-electron chi connectivity index (χ3n) is 2.17. The molecule has 0 saturated carbocycles. The van der Waals surface area contributed by atoms with Gasteiger partial charge in [-0.3, -0.25) is 0 Å². The number of alkyl halides is 2. The highest BCUT2D eigenvalue weighted by Gasteiger charge is 2.15. The second-order valence-corrected chi connectivity index (χ2v) is 3.85. The minimum Gasteiger partial charge on any atom is -0.409 e. The molecule has 0 atom stereocenters. The maximum atomic E-state index is 12.3. The molecule has 0 aliphatic heterocycles. The summed E-state index contributed by atoms with van der Waals surface area (Å²) in [7, 11) is 1.49. The summed E-state index contributed by atoms with van der Waals surface area (Å²) < 4.78 is 24.6. The molecule has 0 radical (unpaired) electrons. The lowest BCUT2D eigenvalue weighted by Gasteiger charge is -2.21. The molecule has 0 aliphatic carbocycles. The van der Waals surface area contributed by atoms with Gasteiger partial charge in [0, 0.05) is 23.3 Å². The number of halogens is 3. The van der Waals surface area contributed by atoms with Crippen LogP contribution in [0.15, 0.2) is 23.4 Å². The van der Waals surface area contributed by atoms with Gasteiger partial charge in [0.1, 0.15) is 0 Å². The van der Waals surface area contributed by atoms with Crippen molar-refractivity contribution in [3.63, 3.8) is 0 Å². The van der Waals surface area contributed by atoms with Crippen molar-refractivity contribution in [1.29, 1.82) is 0 Å². The average molecular weight is 264 g/mol. The van der Waals surface area contributed by atoms with Gasteiger partial charge in [0.15, 0.2) is 5.84 Å². The Balaban J connectivity index is 3.14. The fraction of sp³-hybridized carbons (Fsp3) is 0.300. The maximum Gasteiger partial charge on any atom is 0.255 e. The van der Waals surface area contributed by atoms with Gasteiger partial charge in [0.25, 0.3) is 6.43 Å². The van der Waals surface area contributed by atoms with Gasteiger partial charge in [0.2, 0.25) is 0 Å². The van der Waals surface area contributed by atoms with Crippen LogP contribution >= 0.6 is 11.6 Å². The molecule has 0 aromatic heterocycles. The molecule has 0 aliphatic rings. The van der Waals surface area contributed by atoms with Gasteiger partial charge in [-0.1, -0.05) is 16.8 Å². The van der Waals surface area contributed by atoms with Crippen molar-refractivity contribution in [3.8, 4) is 0 Å². The van der Waals surface area contributed by atoms with Crippen LogP contribution in [0.25, 0.3) is 0 Å². The number of benzene rings is 1. The summed E-state index contributed by atoms with van der Waals surface area (Å²) in [5, 5.41) is 11.8. The third-order valence-corrected chi connectivity index (χ3v) is 2.40. The van der Waals surface area contributed by atoms with Gasteiger partial charge in [-0.25, -0.2) is 8.78 Å². The SMILES string of the molecule is CN(CC(F)F)c1ccc(Cl)cc1/C(N)=N/O. The number of hydrogen-bond donors (Lipinski definition) is 2. The summed E-state index contributed by atoms with van der Waals surface area (Å²) in [5.74, 6) is -0.177. The Kier molecular flexibility index (Phi) is 4.51. The molecule has 1 aromatic rings. The van der Waals surface area contributed by atoms with Crippen molar-refractivity contribution in [3.05, 3.63) is 28.8 Å². The van der Waals surface area contributed by atoms with E-state index in [0.717, 1.165) is 0 Å². The van der Waals surface area contributed by atoms with Crippen LogP contribution in [-0.2, 0) is 0 Å². The molecule has 1 aromatic carbocycles. The van der Waals surface area contributed by atoms with Crippen LogP contribution in [0.3, 0.4) is 0 Å². The number of hydrogen-bond acceptors (Lipinski definition) is 3. The zero-order valence-corrected chi connectivity index (χ0v) is 9.83. The summed E-state index contributed by atoms with van der Waals surface area (Å²) in [6.07, 6.45) is -2.48. The van der Waals surface area contributed by atoms with E-state index in [4.69, 9.17) is 22.5 Å². The average Bonchev–Trinajstić information content (AvgIpc) is 2.26. The van der Waals surface area contributed by atoms with Gasteiger partial charge in [-0.15, -0.1) is 0 Å². The second kappa shape index (κ2) is 5.67. The van der Waals surface area contributed by atoms with Crippen molar-refractivity contribution in [2.24, 2.45) is 10.9 Å². The van der Waals surface area contributed by atoms with Crippen molar-refractivity contribution in [1.82, 2.24) is 0 Å². The predicted molar refractivity (Wildman–Crippen MR) is 63.2 cm³/mol. The van der Waals surface area contributed by atoms with Crippen molar-refractivity contribution < 1.29 is 14.0 Å². The van der Waals surface area contributed by atoms with E-state index in [0.29, 0.717) is 16.3 Å². The molecule has 3 N–H and O–H groups in total. The number of amidine groups is 1. The fourth-order valence-electron chi connectivity index (χ4n) is 1.41. The Morgan fingerprint density at radius 1 is 1.59 bits per heavy atom. The molecular formula is C10H12ClF2N3O. The molecule has 0 heterocycles. The first-order valence-electron chi connectivity index (χ1n) is 4.72. The first kappa shape index (κ1) is 13.5. The third kappa shape index (κ3) is 3.45. The predicted octanol–water partition coefficient (Wildman–Crippen LogP) is 2.14. The normalized spacial score (nSPS) is 11.9. The van der Waals surface area contributed by atoms with Crippen LogP contribution in [0.5, 0.6) is 0 Å². The maximum absolute atomic E-state index is 12.3. The van der Waals surface area contributed by atoms with Gasteiger partial charge < -0.3 is 15.8 Å². The highest BCUT2D eigenvalue weighted by Crippen LogP contribution is 2.24. The molecule has 94 valence electrons. The Bertz CT molecular complexity index is 426.